The van der Waals surface area contributed by atoms with Crippen LogP contribution in [0.15, 0.2) is 121 Å². The van der Waals surface area contributed by atoms with Crippen LogP contribution >= 0.6 is 0 Å². The van der Waals surface area contributed by atoms with Gasteiger partial charge < -0.3 is 4.74 Å². The van der Waals surface area contributed by atoms with Gasteiger partial charge in [0.2, 0.25) is 0 Å². The van der Waals surface area contributed by atoms with Gasteiger partial charge in [0.05, 0.1) is 0 Å². The van der Waals surface area contributed by atoms with Crippen molar-refractivity contribution in [2.24, 2.45) is 0 Å². The minimum Gasteiger partial charge on any atom is -0.460 e. The summed E-state index contributed by atoms with van der Waals surface area (Å²) in [6.07, 6.45) is 0.591. The van der Waals surface area contributed by atoms with E-state index in [0.29, 0.717) is 19.5 Å². The highest BCUT2D eigenvalue weighted by atomic mass is 16.5. The highest BCUT2D eigenvalue weighted by Gasteiger charge is 2.28. The number of hydrogen-bond acceptors (Lipinski definition) is 3. The lowest BCUT2D eigenvalue weighted by atomic mass is 10.0. The number of ether oxygens (including phenoxy) is 1. The topological polar surface area (TPSA) is 29.5 Å². The van der Waals surface area contributed by atoms with Crippen LogP contribution in [0.1, 0.15) is 36.1 Å². The van der Waals surface area contributed by atoms with Crippen LogP contribution in [0, 0.1) is 0 Å². The van der Waals surface area contributed by atoms with Crippen LogP contribution in [0.5, 0.6) is 0 Å². The molecule has 0 aliphatic heterocycles. The molecule has 0 saturated heterocycles. The minimum atomic E-state index is -0.406. The summed E-state index contributed by atoms with van der Waals surface area (Å²) in [5, 5.41) is 0. The Morgan fingerprint density at radius 2 is 0.971 bits per heavy atom. The number of carbonyl (C=O) groups is 1. The first-order chi connectivity index (χ1) is 17.3. The van der Waals surface area contributed by atoms with Gasteiger partial charge in [-0.25, -0.2) is 0 Å². The van der Waals surface area contributed by atoms with Crippen LogP contribution in [-0.4, -0.2) is 16.9 Å². The second kappa shape index (κ2) is 14.5. The highest BCUT2D eigenvalue weighted by molar-refractivity contribution is 5.76. The van der Waals surface area contributed by atoms with Gasteiger partial charge in [0, 0.05) is 13.1 Å². The number of hydrogen-bond donors (Lipinski definition) is 0. The highest BCUT2D eigenvalue weighted by Crippen LogP contribution is 2.19. The summed E-state index contributed by atoms with van der Waals surface area (Å²) >= 11 is 0. The van der Waals surface area contributed by atoms with E-state index in [1.54, 1.807) is 0 Å². The zero-order valence-corrected chi connectivity index (χ0v) is 20.7. The van der Waals surface area contributed by atoms with Crippen LogP contribution in [0.2, 0.25) is 0 Å². The average molecular weight is 466 g/mol. The van der Waals surface area contributed by atoms with E-state index in [4.69, 9.17) is 4.74 Å². The Kier molecular flexibility index (Phi) is 10.8. The Labute approximate surface area is 210 Å². The Morgan fingerprint density at radius 1 is 0.600 bits per heavy atom. The van der Waals surface area contributed by atoms with E-state index in [0.717, 1.165) is 11.1 Å². The van der Waals surface area contributed by atoms with Crippen molar-refractivity contribution >= 4 is 5.97 Å². The first-order valence-electron chi connectivity index (χ1n) is 12.3. The van der Waals surface area contributed by atoms with E-state index in [2.05, 4.69) is 41.3 Å². The van der Waals surface area contributed by atoms with Crippen molar-refractivity contribution in [1.29, 1.82) is 0 Å². The molecule has 4 aromatic carbocycles. The fourth-order valence-electron chi connectivity index (χ4n) is 3.94. The molecule has 180 valence electrons. The molecule has 3 nitrogen and oxygen atoms in total. The van der Waals surface area contributed by atoms with Crippen LogP contribution < -0.4 is 0 Å². The molecular formula is C32H35NO2. The van der Waals surface area contributed by atoms with Gasteiger partial charge in [-0.05, 0) is 28.7 Å². The zero-order chi connectivity index (χ0) is 24.7. The summed E-state index contributed by atoms with van der Waals surface area (Å²) < 4.78 is 5.84. The summed E-state index contributed by atoms with van der Waals surface area (Å²) in [6, 6.07) is 40.2. The molecule has 0 aliphatic rings. The molecule has 4 aromatic rings. The van der Waals surface area contributed by atoms with Gasteiger partial charge in [0.25, 0.3) is 0 Å². The number of carbonyl (C=O) groups excluding carboxylic acids is 1. The molecule has 4 rings (SSSR count). The number of benzene rings is 4. The smallest absolute Gasteiger partial charge is 0.324 e. The van der Waals surface area contributed by atoms with E-state index in [-0.39, 0.29) is 12.6 Å². The second-order valence-electron chi connectivity index (χ2n) is 8.18. The predicted octanol–water partition coefficient (Wildman–Crippen LogP) is 7.07. The molecule has 0 bridgehead atoms. The summed E-state index contributed by atoms with van der Waals surface area (Å²) in [6.45, 7) is 5.59. The van der Waals surface area contributed by atoms with Crippen molar-refractivity contribution in [3.63, 3.8) is 0 Å². The number of nitrogens with zero attached hydrogens (tertiary/aromatic N) is 1. The van der Waals surface area contributed by atoms with Gasteiger partial charge in [-0.2, -0.15) is 0 Å². The monoisotopic (exact) mass is 465 g/mol. The van der Waals surface area contributed by atoms with E-state index in [1.165, 1.54) is 11.1 Å². The van der Waals surface area contributed by atoms with E-state index in [9.17, 15) is 4.79 Å². The fourth-order valence-corrected chi connectivity index (χ4v) is 3.94. The van der Waals surface area contributed by atoms with Crippen molar-refractivity contribution in [1.82, 2.24) is 4.90 Å². The quantitative estimate of drug-likeness (QED) is 0.235. The third kappa shape index (κ3) is 8.55. The van der Waals surface area contributed by atoms with Crippen LogP contribution in [0.25, 0.3) is 0 Å². The molecule has 0 N–H and O–H groups in total. The molecule has 0 fully saturated rings. The molecule has 35 heavy (non-hydrogen) atoms. The maximum absolute atomic E-state index is 13.5. The molecular weight excluding hydrogens is 430 g/mol. The number of esters is 1. The summed E-state index contributed by atoms with van der Waals surface area (Å²) in [4.78, 5) is 15.7. The molecule has 0 unspecified atom stereocenters. The largest absolute Gasteiger partial charge is 0.460 e. The standard InChI is InChI=1S/C30H29NO2.C2H6/c32-30(33-24-28-19-11-4-12-20-28)29(21-25-13-5-1-6-14-25)31(22-26-15-7-2-8-16-26)23-27-17-9-3-10-18-27;1-2/h1-20,29H,21-24H2;1-2H3/t29-;/m0./s1. The third-order valence-corrected chi connectivity index (χ3v) is 5.67. The molecule has 0 heterocycles. The lowest BCUT2D eigenvalue weighted by molar-refractivity contribution is -0.152. The van der Waals surface area contributed by atoms with E-state index < -0.39 is 6.04 Å². The lowest BCUT2D eigenvalue weighted by Gasteiger charge is -2.30. The van der Waals surface area contributed by atoms with Gasteiger partial charge in [-0.3, -0.25) is 9.69 Å². The van der Waals surface area contributed by atoms with Crippen molar-refractivity contribution in [2.45, 2.75) is 46.0 Å². The third-order valence-electron chi connectivity index (χ3n) is 5.67. The Balaban J connectivity index is 0.00000167. The maximum atomic E-state index is 13.5. The summed E-state index contributed by atoms with van der Waals surface area (Å²) in [5.41, 5.74) is 4.44. The van der Waals surface area contributed by atoms with Crippen molar-refractivity contribution < 1.29 is 9.53 Å². The maximum Gasteiger partial charge on any atom is 0.324 e. The van der Waals surface area contributed by atoms with Crippen LogP contribution in [0.4, 0.5) is 0 Å². The molecule has 3 heteroatoms. The van der Waals surface area contributed by atoms with Crippen molar-refractivity contribution in [3.8, 4) is 0 Å². The summed E-state index contributed by atoms with van der Waals surface area (Å²) in [7, 11) is 0. The summed E-state index contributed by atoms with van der Waals surface area (Å²) in [5.74, 6) is -0.199. The van der Waals surface area contributed by atoms with Gasteiger partial charge in [-0.1, -0.05) is 135 Å². The molecule has 0 amide bonds. The first-order valence-corrected chi connectivity index (χ1v) is 12.3. The molecule has 0 spiro atoms. The van der Waals surface area contributed by atoms with Crippen LogP contribution in [-0.2, 0) is 35.6 Å². The molecule has 0 saturated carbocycles. The zero-order valence-electron chi connectivity index (χ0n) is 20.7. The van der Waals surface area contributed by atoms with E-state index >= 15 is 0 Å². The van der Waals surface area contributed by atoms with Crippen molar-refractivity contribution in [2.75, 3.05) is 0 Å². The minimum absolute atomic E-state index is 0.199. The predicted molar refractivity (Wildman–Crippen MR) is 144 cm³/mol. The Hall–Kier alpha value is -3.69. The molecule has 0 radical (unpaired) electrons. The van der Waals surface area contributed by atoms with Gasteiger partial charge in [0.15, 0.2) is 0 Å². The lowest BCUT2D eigenvalue weighted by Crippen LogP contribution is -2.43. The Bertz CT molecular complexity index is 1060. The second-order valence-corrected chi connectivity index (χ2v) is 8.18. The molecule has 0 aromatic heterocycles. The van der Waals surface area contributed by atoms with Gasteiger partial charge >= 0.3 is 5.97 Å². The first kappa shape index (κ1) is 25.9. The Morgan fingerprint density at radius 3 is 1.40 bits per heavy atom. The fraction of sp³-hybridized carbons (Fsp3) is 0.219. The average Bonchev–Trinajstić information content (AvgIpc) is 2.93. The number of rotatable bonds is 10. The molecule has 0 aliphatic carbocycles. The van der Waals surface area contributed by atoms with Gasteiger partial charge in [-0.15, -0.1) is 0 Å². The van der Waals surface area contributed by atoms with Gasteiger partial charge in [0.1, 0.15) is 12.6 Å². The normalized spacial score (nSPS) is 11.3. The SMILES string of the molecule is CC.O=C(OCc1ccccc1)[C@H](Cc1ccccc1)N(Cc1ccccc1)Cc1ccccc1. The van der Waals surface area contributed by atoms with E-state index in [1.807, 2.05) is 98.8 Å². The van der Waals surface area contributed by atoms with Crippen LogP contribution in [0.3, 0.4) is 0 Å². The van der Waals surface area contributed by atoms with Crippen molar-refractivity contribution in [3.05, 3.63) is 144 Å². The molecule has 1 atom stereocenters.